The Morgan fingerprint density at radius 3 is 2.52 bits per heavy atom. The van der Waals surface area contributed by atoms with Gasteiger partial charge in [0, 0.05) is 49.2 Å². The summed E-state index contributed by atoms with van der Waals surface area (Å²) in [6.07, 6.45) is 13.5. The van der Waals surface area contributed by atoms with Gasteiger partial charge in [-0.15, -0.1) is 0 Å². The van der Waals surface area contributed by atoms with Crippen LogP contribution in [0.4, 0.5) is 4.39 Å². The summed E-state index contributed by atoms with van der Waals surface area (Å²) in [4.78, 5) is 61.8. The molecule has 1 saturated heterocycles. The zero-order valence-electron chi connectivity index (χ0n) is 30.0. The highest BCUT2D eigenvalue weighted by Crippen LogP contribution is 2.41. The third-order valence-corrected chi connectivity index (χ3v) is 11.9. The van der Waals surface area contributed by atoms with Crippen molar-refractivity contribution in [3.05, 3.63) is 77.2 Å². The largest absolute Gasteiger partial charge is 0.369 e. The van der Waals surface area contributed by atoms with Gasteiger partial charge in [-0.2, -0.15) is 0 Å². The predicted molar refractivity (Wildman–Crippen MR) is 198 cm³/mol. The molecule has 5 atom stereocenters. The van der Waals surface area contributed by atoms with Crippen molar-refractivity contribution in [1.29, 1.82) is 0 Å². The van der Waals surface area contributed by atoms with Crippen LogP contribution in [0.15, 0.2) is 54.7 Å². The molecule has 3 aromatic rings. The molecule has 0 radical (unpaired) electrons. The lowest BCUT2D eigenvalue weighted by Gasteiger charge is -2.39. The Balaban J connectivity index is 1.12. The van der Waals surface area contributed by atoms with E-state index in [2.05, 4.69) is 52.0 Å². The van der Waals surface area contributed by atoms with E-state index in [4.69, 9.17) is 5.73 Å². The number of likely N-dealkylation sites (tertiary alicyclic amines) is 1. The lowest BCUT2D eigenvalue weighted by Crippen LogP contribution is -2.57. The van der Waals surface area contributed by atoms with Gasteiger partial charge in [0.2, 0.25) is 23.6 Å². The van der Waals surface area contributed by atoms with Crippen LogP contribution in [0, 0.1) is 23.6 Å². The van der Waals surface area contributed by atoms with Gasteiger partial charge in [-0.25, -0.2) is 4.39 Å². The highest BCUT2D eigenvalue weighted by molar-refractivity contribution is 6.00. The molecule has 7 rings (SSSR count). The normalized spacial score (nSPS) is 23.3. The van der Waals surface area contributed by atoms with Crippen molar-refractivity contribution >= 4 is 40.1 Å². The first-order chi connectivity index (χ1) is 25.1. The number of benzene rings is 2. The summed E-state index contributed by atoms with van der Waals surface area (Å²) in [6, 6.07) is 10.5. The van der Waals surface area contributed by atoms with Crippen LogP contribution in [0.1, 0.15) is 74.5 Å². The van der Waals surface area contributed by atoms with Crippen molar-refractivity contribution < 1.29 is 23.6 Å². The second kappa shape index (κ2) is 15.6. The molecule has 1 unspecified atom stereocenters. The van der Waals surface area contributed by atoms with E-state index < -0.39 is 41.6 Å². The minimum atomic E-state index is -0.972. The Hall–Kier alpha value is -4.51. The first kappa shape index (κ1) is 35.9. The Bertz CT molecular complexity index is 1830. The quantitative estimate of drug-likeness (QED) is 0.233. The second-order valence-electron chi connectivity index (χ2n) is 15.5. The lowest BCUT2D eigenvalue weighted by atomic mass is 9.79. The summed E-state index contributed by atoms with van der Waals surface area (Å²) in [5.41, 5.74) is 10.9. The van der Waals surface area contributed by atoms with Crippen molar-refractivity contribution in [2.24, 2.45) is 23.5 Å². The topological polar surface area (TPSA) is 141 Å². The van der Waals surface area contributed by atoms with Crippen LogP contribution in [0.3, 0.4) is 0 Å². The molecule has 2 aliphatic carbocycles. The van der Waals surface area contributed by atoms with E-state index in [1.807, 2.05) is 6.07 Å². The van der Waals surface area contributed by atoms with Crippen molar-refractivity contribution in [1.82, 2.24) is 25.4 Å². The number of halogens is 1. The van der Waals surface area contributed by atoms with Crippen molar-refractivity contribution in [2.75, 3.05) is 26.7 Å². The zero-order valence-corrected chi connectivity index (χ0v) is 30.0. The van der Waals surface area contributed by atoms with E-state index in [9.17, 15) is 23.6 Å². The van der Waals surface area contributed by atoms with Gasteiger partial charge < -0.3 is 26.3 Å². The number of H-pyrrole nitrogens is 1. The molecule has 52 heavy (non-hydrogen) atoms. The van der Waals surface area contributed by atoms with E-state index in [0.29, 0.717) is 43.8 Å². The minimum absolute atomic E-state index is 0.138. The zero-order chi connectivity index (χ0) is 36.4. The average molecular weight is 711 g/mol. The Kier molecular flexibility index (Phi) is 10.8. The van der Waals surface area contributed by atoms with Gasteiger partial charge in [-0.3, -0.25) is 24.1 Å². The smallest absolute Gasteiger partial charge is 0.245 e. The first-order valence-electron chi connectivity index (χ1n) is 19.1. The number of aromatic amines is 1. The van der Waals surface area contributed by atoms with E-state index >= 15 is 0 Å². The number of fused-ring (bicyclic) bond motifs is 2. The van der Waals surface area contributed by atoms with Crippen molar-refractivity contribution in [3.63, 3.8) is 0 Å². The van der Waals surface area contributed by atoms with E-state index in [1.54, 1.807) is 17.0 Å². The van der Waals surface area contributed by atoms with Crippen molar-refractivity contribution in [2.45, 2.75) is 88.8 Å². The molecule has 4 aliphatic rings. The number of hydrogen-bond donors (Lipinski definition) is 4. The standard InChI is InChI=1S/C41H51FN6O4/c1-47-23-29(20-32-31-10-5-11-33-37(31)28(22-44-33)21-36(32)47)39(50)45-34(17-14-25-7-3-2-4-8-25)40(51)46-35(19-26-12-15-30(42)16-13-26)41(52)48-18-6-9-27(24-48)38(43)49/h5,10-13,15-16,20,22,25,27,29,34-36,44H,2-4,6-9,14,17-19,21,23-24H2,1H3,(H2,43,49)(H,45,50)(H,46,51)/t27?,29-,34+,35+,36-/m1/s1. The van der Waals surface area contributed by atoms with Crippen LogP contribution in [0.25, 0.3) is 16.5 Å². The van der Waals surface area contributed by atoms with Gasteiger partial charge in [-0.1, -0.05) is 62.4 Å². The van der Waals surface area contributed by atoms with E-state index in [0.717, 1.165) is 42.3 Å². The number of nitrogens with two attached hydrogens (primary N) is 1. The number of rotatable bonds is 11. The molecule has 1 saturated carbocycles. The Labute approximate surface area is 304 Å². The van der Waals surface area contributed by atoms with Crippen LogP contribution in [-0.4, -0.2) is 83.2 Å². The van der Waals surface area contributed by atoms with E-state index in [-0.39, 0.29) is 30.8 Å². The van der Waals surface area contributed by atoms with Crippen LogP contribution >= 0.6 is 0 Å². The third-order valence-electron chi connectivity index (χ3n) is 11.9. The summed E-state index contributed by atoms with van der Waals surface area (Å²) >= 11 is 0. The third kappa shape index (κ3) is 7.79. The Morgan fingerprint density at radius 1 is 0.962 bits per heavy atom. The number of carbonyl (C=O) groups is 4. The number of hydrogen-bond acceptors (Lipinski definition) is 5. The second-order valence-corrected chi connectivity index (χ2v) is 15.5. The van der Waals surface area contributed by atoms with Gasteiger partial charge in [0.1, 0.15) is 17.9 Å². The predicted octanol–water partition coefficient (Wildman–Crippen LogP) is 4.47. The van der Waals surface area contributed by atoms with Gasteiger partial charge in [-0.05, 0) is 85.5 Å². The first-order valence-corrected chi connectivity index (χ1v) is 19.1. The number of likely N-dealkylation sites (N-methyl/N-ethyl adjacent to an activating group) is 1. The molecule has 0 bridgehead atoms. The molecule has 11 heteroatoms. The molecule has 2 aromatic carbocycles. The molecular formula is C41H51FN6O4. The van der Waals surface area contributed by atoms with Gasteiger partial charge >= 0.3 is 0 Å². The number of primary amides is 1. The number of carbonyl (C=O) groups excluding carboxylic acids is 4. The molecule has 10 nitrogen and oxygen atoms in total. The fourth-order valence-electron chi connectivity index (χ4n) is 9.00. The molecule has 4 amide bonds. The fraction of sp³-hybridized carbons (Fsp3) is 0.512. The maximum atomic E-state index is 14.3. The van der Waals surface area contributed by atoms with Crippen LogP contribution in [-0.2, 0) is 32.0 Å². The summed E-state index contributed by atoms with van der Waals surface area (Å²) in [5.74, 6) is -2.22. The molecule has 2 aliphatic heterocycles. The maximum Gasteiger partial charge on any atom is 0.245 e. The molecule has 276 valence electrons. The lowest BCUT2D eigenvalue weighted by molar-refractivity contribution is -0.140. The SMILES string of the molecule is CN1C[C@H](C(=O)N[C@@H](CCC2CCCCC2)C(=O)N[C@@H](Cc2ccc(F)cc2)C(=O)N2CCCC(C(N)=O)C2)C=C2c3cccc4[nH]cc(c34)C[C@H]21. The highest BCUT2D eigenvalue weighted by atomic mass is 19.1. The Morgan fingerprint density at radius 2 is 1.75 bits per heavy atom. The monoisotopic (exact) mass is 710 g/mol. The number of aromatic nitrogens is 1. The molecule has 0 spiro atoms. The fourth-order valence-corrected chi connectivity index (χ4v) is 9.00. The summed E-state index contributed by atoms with van der Waals surface area (Å²) in [7, 11) is 2.05. The molecule has 3 heterocycles. The summed E-state index contributed by atoms with van der Waals surface area (Å²) in [6.45, 7) is 1.16. The maximum absolute atomic E-state index is 14.3. The van der Waals surface area contributed by atoms with Crippen LogP contribution in [0.2, 0.25) is 0 Å². The highest BCUT2D eigenvalue weighted by Gasteiger charge is 2.38. The molecule has 1 aromatic heterocycles. The van der Waals surface area contributed by atoms with Crippen molar-refractivity contribution in [3.8, 4) is 0 Å². The van der Waals surface area contributed by atoms with Gasteiger partial charge in [0.15, 0.2) is 0 Å². The number of nitrogens with one attached hydrogen (secondary N) is 3. The minimum Gasteiger partial charge on any atom is -0.369 e. The van der Waals surface area contributed by atoms with Gasteiger partial charge in [0.25, 0.3) is 0 Å². The van der Waals surface area contributed by atoms with Gasteiger partial charge in [0.05, 0.1) is 11.8 Å². The summed E-state index contributed by atoms with van der Waals surface area (Å²) in [5, 5.41) is 7.35. The average Bonchev–Trinajstić information content (AvgIpc) is 3.58. The molecular weight excluding hydrogens is 659 g/mol. The molecule has 5 N–H and O–H groups in total. The van der Waals surface area contributed by atoms with Crippen LogP contribution < -0.4 is 16.4 Å². The number of amides is 4. The molecule has 2 fully saturated rings. The summed E-state index contributed by atoms with van der Waals surface area (Å²) < 4.78 is 13.8. The number of nitrogens with zero attached hydrogens (tertiary/aromatic N) is 2. The van der Waals surface area contributed by atoms with Crippen LogP contribution in [0.5, 0.6) is 0 Å². The number of piperidine rings is 1. The van der Waals surface area contributed by atoms with E-state index in [1.165, 1.54) is 42.3 Å².